The van der Waals surface area contributed by atoms with E-state index in [9.17, 15) is 0 Å². The van der Waals surface area contributed by atoms with Crippen molar-refractivity contribution in [2.24, 2.45) is 10.2 Å². The average Bonchev–Trinajstić information content (AvgIpc) is 3.05. The van der Waals surface area contributed by atoms with Gasteiger partial charge in [-0.1, -0.05) is 42.5 Å². The van der Waals surface area contributed by atoms with E-state index < -0.39 is 4.76 Å². The van der Waals surface area contributed by atoms with E-state index in [4.69, 9.17) is 4.74 Å². The van der Waals surface area contributed by atoms with Crippen molar-refractivity contribution >= 4 is 26.7 Å². The fourth-order valence-electron chi connectivity index (χ4n) is 1.68. The molecule has 0 aromatic heterocycles. The number of hydrogen-bond donors (Lipinski definition) is 0. The first-order valence-electron chi connectivity index (χ1n) is 5.00. The number of nitrogens with zero attached hydrogens (tertiary/aromatic N) is 2. The summed E-state index contributed by atoms with van der Waals surface area (Å²) in [5.74, 6) is 0. The van der Waals surface area contributed by atoms with Gasteiger partial charge in [-0.3, -0.25) is 0 Å². The highest BCUT2D eigenvalue weighted by molar-refractivity contribution is 9.10. The quantitative estimate of drug-likeness (QED) is 0.620. The largest absolute Gasteiger partial charge is 0.351 e. The molecule has 0 spiro atoms. The van der Waals surface area contributed by atoms with Gasteiger partial charge in [0.05, 0.1) is 6.61 Å². The normalized spacial score (nSPS) is 16.6. The van der Waals surface area contributed by atoms with Crippen LogP contribution in [0.2, 0.25) is 0 Å². The molecule has 16 heavy (non-hydrogen) atoms. The third-order valence-corrected chi connectivity index (χ3v) is 3.09. The van der Waals surface area contributed by atoms with E-state index >= 15 is 0 Å². The van der Waals surface area contributed by atoms with E-state index in [2.05, 4.69) is 50.4 Å². The fraction of sp³-hybridized carbons (Fsp3) is 0.167. The summed E-state index contributed by atoms with van der Waals surface area (Å²) in [4.78, 5) is 0. The molecule has 0 radical (unpaired) electrons. The van der Waals surface area contributed by atoms with Crippen molar-refractivity contribution in [1.82, 2.24) is 0 Å². The number of benzene rings is 2. The van der Waals surface area contributed by atoms with Gasteiger partial charge in [-0.25, -0.2) is 0 Å². The molecule has 1 aliphatic heterocycles. The summed E-state index contributed by atoms with van der Waals surface area (Å²) >= 11 is 3.26. The molecule has 2 aromatic carbocycles. The molecule has 0 fully saturated rings. The van der Waals surface area contributed by atoms with Gasteiger partial charge in [0.15, 0.2) is 0 Å². The highest BCUT2D eigenvalue weighted by Gasteiger charge is 2.38. The molecule has 0 saturated carbocycles. The minimum absolute atomic E-state index is 0.500. The van der Waals surface area contributed by atoms with Gasteiger partial charge < -0.3 is 4.74 Å². The second-order valence-electron chi connectivity index (χ2n) is 3.66. The van der Waals surface area contributed by atoms with Crippen LogP contribution < -0.4 is 0 Å². The van der Waals surface area contributed by atoms with E-state index in [1.54, 1.807) is 0 Å². The summed E-state index contributed by atoms with van der Waals surface area (Å²) in [5, 5.41) is 9.93. The van der Waals surface area contributed by atoms with Crippen LogP contribution in [0.4, 0.5) is 0 Å². The third-order valence-electron chi connectivity index (χ3n) is 2.55. The summed E-state index contributed by atoms with van der Waals surface area (Å²) in [7, 11) is 0. The Labute approximate surface area is 101 Å². The zero-order chi connectivity index (χ0) is 11.0. The monoisotopic (exact) mass is 276 g/mol. The van der Waals surface area contributed by atoms with Crippen LogP contribution in [0.1, 0.15) is 5.56 Å². The lowest BCUT2D eigenvalue weighted by Crippen LogP contribution is -2.06. The van der Waals surface area contributed by atoms with Gasteiger partial charge in [0, 0.05) is 15.9 Å². The lowest BCUT2D eigenvalue weighted by Gasteiger charge is -2.08. The van der Waals surface area contributed by atoms with Gasteiger partial charge in [-0.05, 0) is 16.3 Å². The maximum absolute atomic E-state index is 5.52. The van der Waals surface area contributed by atoms with Crippen molar-refractivity contribution < 1.29 is 4.74 Å². The Hall–Kier alpha value is -1.26. The number of rotatable bonds is 3. The van der Waals surface area contributed by atoms with E-state index in [1.165, 1.54) is 10.8 Å². The molecule has 0 unspecified atom stereocenters. The lowest BCUT2D eigenvalue weighted by atomic mass is 10.1. The van der Waals surface area contributed by atoms with Crippen LogP contribution in [-0.4, -0.2) is 4.76 Å². The number of fused-ring (bicyclic) bond motifs is 1. The van der Waals surface area contributed by atoms with Crippen molar-refractivity contribution in [3.63, 3.8) is 0 Å². The van der Waals surface area contributed by atoms with Crippen molar-refractivity contribution in [2.45, 2.75) is 11.4 Å². The predicted octanol–water partition coefficient (Wildman–Crippen LogP) is 3.83. The fourth-order valence-corrected chi connectivity index (χ4v) is 1.88. The Morgan fingerprint density at radius 1 is 1.06 bits per heavy atom. The molecule has 0 atom stereocenters. The highest BCUT2D eigenvalue weighted by atomic mass is 79.9. The van der Waals surface area contributed by atoms with Crippen LogP contribution in [0, 0.1) is 0 Å². The molecule has 3 nitrogen and oxygen atoms in total. The topological polar surface area (TPSA) is 34.0 Å². The molecule has 1 heterocycles. The van der Waals surface area contributed by atoms with Gasteiger partial charge in [-0.2, -0.15) is 0 Å². The first-order valence-corrected chi connectivity index (χ1v) is 5.80. The SMILES string of the molecule is BrC1(OCc2cccc3ccccc23)N=N1. The molecule has 4 heteroatoms. The molecule has 0 bridgehead atoms. The highest BCUT2D eigenvalue weighted by Crippen LogP contribution is 2.37. The number of hydrogen-bond acceptors (Lipinski definition) is 3. The molecule has 80 valence electrons. The molecule has 0 aliphatic carbocycles. The molecule has 0 N–H and O–H groups in total. The molecule has 0 amide bonds. The predicted molar refractivity (Wildman–Crippen MR) is 65.3 cm³/mol. The average molecular weight is 277 g/mol. The Kier molecular flexibility index (Phi) is 2.26. The number of halogens is 1. The minimum atomic E-state index is -0.774. The van der Waals surface area contributed by atoms with Crippen LogP contribution >= 0.6 is 15.9 Å². The van der Waals surface area contributed by atoms with Gasteiger partial charge in [0.1, 0.15) is 0 Å². The molecular weight excluding hydrogens is 268 g/mol. The Balaban J connectivity index is 1.90. The Morgan fingerprint density at radius 3 is 2.62 bits per heavy atom. The van der Waals surface area contributed by atoms with Crippen molar-refractivity contribution in [3.05, 3.63) is 48.0 Å². The minimum Gasteiger partial charge on any atom is -0.319 e. The summed E-state index contributed by atoms with van der Waals surface area (Å²) in [6.07, 6.45) is 0. The summed E-state index contributed by atoms with van der Waals surface area (Å²) in [6, 6.07) is 14.4. The lowest BCUT2D eigenvalue weighted by molar-refractivity contribution is 0.0764. The number of alkyl halides is 1. The molecule has 0 saturated heterocycles. The van der Waals surface area contributed by atoms with E-state index in [0.29, 0.717) is 6.61 Å². The van der Waals surface area contributed by atoms with Gasteiger partial charge >= 0.3 is 4.76 Å². The van der Waals surface area contributed by atoms with Gasteiger partial charge in [0.2, 0.25) is 0 Å². The smallest absolute Gasteiger partial charge is 0.319 e. The van der Waals surface area contributed by atoms with Gasteiger partial charge in [0.25, 0.3) is 0 Å². The van der Waals surface area contributed by atoms with E-state index in [-0.39, 0.29) is 0 Å². The second kappa shape index (κ2) is 3.64. The zero-order valence-electron chi connectivity index (χ0n) is 8.43. The molecule has 1 aliphatic rings. The first-order chi connectivity index (χ1) is 7.77. The second-order valence-corrected chi connectivity index (χ2v) is 4.69. The molecule has 3 rings (SSSR count). The number of ether oxygens (including phenoxy) is 1. The van der Waals surface area contributed by atoms with Crippen LogP contribution in [0.25, 0.3) is 10.8 Å². The third kappa shape index (κ3) is 1.86. The maximum atomic E-state index is 5.52. The summed E-state index contributed by atoms with van der Waals surface area (Å²) in [5.41, 5.74) is 1.15. The Bertz CT molecular complexity index is 556. The standard InChI is InChI=1S/C12H9BrN2O/c13-12(14-15-12)16-8-10-6-3-5-9-4-1-2-7-11(9)10/h1-7H,8H2. The van der Waals surface area contributed by atoms with Crippen LogP contribution in [-0.2, 0) is 11.3 Å². The van der Waals surface area contributed by atoms with Crippen LogP contribution in [0.3, 0.4) is 0 Å². The van der Waals surface area contributed by atoms with Crippen molar-refractivity contribution in [1.29, 1.82) is 0 Å². The van der Waals surface area contributed by atoms with E-state index in [1.807, 2.05) is 18.2 Å². The summed E-state index contributed by atoms with van der Waals surface area (Å²) < 4.78 is 4.74. The van der Waals surface area contributed by atoms with E-state index in [0.717, 1.165) is 5.56 Å². The van der Waals surface area contributed by atoms with Crippen molar-refractivity contribution in [2.75, 3.05) is 0 Å². The van der Waals surface area contributed by atoms with Gasteiger partial charge in [-0.15, -0.1) is 10.2 Å². The first kappa shape index (κ1) is 9.93. The summed E-state index contributed by atoms with van der Waals surface area (Å²) in [6.45, 7) is 0.500. The van der Waals surface area contributed by atoms with Crippen LogP contribution in [0.15, 0.2) is 52.7 Å². The molecule has 2 aromatic rings. The maximum Gasteiger partial charge on any atom is 0.351 e. The van der Waals surface area contributed by atoms with Crippen LogP contribution in [0.5, 0.6) is 0 Å². The van der Waals surface area contributed by atoms with Crippen molar-refractivity contribution in [3.8, 4) is 0 Å². The zero-order valence-corrected chi connectivity index (χ0v) is 10.0. The molecular formula is C12H9BrN2O. The Morgan fingerprint density at radius 2 is 1.81 bits per heavy atom.